The van der Waals surface area contributed by atoms with E-state index >= 15 is 0 Å². The molecule has 108 valence electrons. The minimum absolute atomic E-state index is 0.0647. The van der Waals surface area contributed by atoms with Crippen LogP contribution in [0, 0.1) is 10.1 Å². The monoisotopic (exact) mass is 285 g/mol. The van der Waals surface area contributed by atoms with Crippen molar-refractivity contribution in [2.75, 3.05) is 0 Å². The average molecular weight is 285 g/mol. The number of hydrogen-bond donors (Lipinski definition) is 1. The normalized spacial score (nSPS) is 10.6. The molecule has 0 atom stereocenters. The number of rotatable bonds is 4. The first-order chi connectivity index (χ1) is 9.90. The number of nitro benzene ring substituents is 1. The van der Waals surface area contributed by atoms with Crippen molar-refractivity contribution in [1.82, 2.24) is 0 Å². The van der Waals surface area contributed by atoms with Gasteiger partial charge >= 0.3 is 5.97 Å². The predicted molar refractivity (Wildman–Crippen MR) is 79.6 cm³/mol. The van der Waals surface area contributed by atoms with Crippen LogP contribution in [0.5, 0.6) is 0 Å². The molecule has 0 unspecified atom stereocenters. The van der Waals surface area contributed by atoms with Crippen LogP contribution in [0.1, 0.15) is 35.7 Å². The lowest BCUT2D eigenvalue weighted by molar-refractivity contribution is -0.384. The molecular formula is C16H15NO4. The summed E-state index contributed by atoms with van der Waals surface area (Å²) in [6, 6.07) is 11.5. The van der Waals surface area contributed by atoms with Gasteiger partial charge in [-0.05, 0) is 28.7 Å². The molecule has 0 saturated heterocycles. The fraction of sp³-hybridized carbons (Fsp3) is 0.188. The predicted octanol–water partition coefficient (Wildman–Crippen LogP) is 4.08. The molecule has 0 heterocycles. The van der Waals surface area contributed by atoms with Gasteiger partial charge < -0.3 is 5.11 Å². The van der Waals surface area contributed by atoms with Crippen LogP contribution in [-0.4, -0.2) is 16.0 Å². The Balaban J connectivity index is 2.60. The second-order valence-electron chi connectivity index (χ2n) is 5.07. The van der Waals surface area contributed by atoms with E-state index in [2.05, 4.69) is 0 Å². The van der Waals surface area contributed by atoms with Gasteiger partial charge in [-0.1, -0.05) is 38.1 Å². The SMILES string of the molecule is CC(C)c1cccc(-c2ccc([N+](=O)[O-])cc2C(=O)O)c1. The van der Waals surface area contributed by atoms with Gasteiger partial charge in [-0.2, -0.15) is 0 Å². The molecule has 2 aromatic carbocycles. The maximum atomic E-state index is 11.4. The van der Waals surface area contributed by atoms with Gasteiger partial charge in [0.15, 0.2) is 0 Å². The van der Waals surface area contributed by atoms with E-state index in [4.69, 9.17) is 0 Å². The van der Waals surface area contributed by atoms with E-state index in [9.17, 15) is 20.0 Å². The molecule has 0 amide bonds. The van der Waals surface area contributed by atoms with Gasteiger partial charge in [-0.15, -0.1) is 0 Å². The van der Waals surface area contributed by atoms with E-state index in [1.165, 1.54) is 12.1 Å². The summed E-state index contributed by atoms with van der Waals surface area (Å²) >= 11 is 0. The highest BCUT2D eigenvalue weighted by Crippen LogP contribution is 2.29. The van der Waals surface area contributed by atoms with Crippen molar-refractivity contribution >= 4 is 11.7 Å². The molecule has 0 spiro atoms. The lowest BCUT2D eigenvalue weighted by atomic mass is 9.94. The van der Waals surface area contributed by atoms with Gasteiger partial charge in [0, 0.05) is 12.1 Å². The Morgan fingerprint density at radius 3 is 2.48 bits per heavy atom. The Hall–Kier alpha value is -2.69. The highest BCUT2D eigenvalue weighted by Gasteiger charge is 2.17. The third-order valence-corrected chi connectivity index (χ3v) is 3.31. The molecule has 2 rings (SSSR count). The molecule has 1 N–H and O–H groups in total. The zero-order valence-electron chi connectivity index (χ0n) is 11.7. The average Bonchev–Trinajstić information content (AvgIpc) is 2.46. The van der Waals surface area contributed by atoms with Gasteiger partial charge in [-0.25, -0.2) is 4.79 Å². The Labute approximate surface area is 122 Å². The molecule has 2 aromatic rings. The maximum Gasteiger partial charge on any atom is 0.336 e. The van der Waals surface area contributed by atoms with E-state index < -0.39 is 10.9 Å². The summed E-state index contributed by atoms with van der Waals surface area (Å²) in [4.78, 5) is 21.5. The van der Waals surface area contributed by atoms with Crippen LogP contribution in [0.15, 0.2) is 42.5 Å². The molecule has 5 nitrogen and oxygen atoms in total. The highest BCUT2D eigenvalue weighted by atomic mass is 16.6. The Morgan fingerprint density at radius 2 is 1.90 bits per heavy atom. The Morgan fingerprint density at radius 1 is 1.19 bits per heavy atom. The molecule has 21 heavy (non-hydrogen) atoms. The van der Waals surface area contributed by atoms with Crippen LogP contribution in [0.3, 0.4) is 0 Å². The summed E-state index contributed by atoms with van der Waals surface area (Å²) < 4.78 is 0. The zero-order valence-corrected chi connectivity index (χ0v) is 11.7. The molecular weight excluding hydrogens is 270 g/mol. The number of nitro groups is 1. The van der Waals surface area contributed by atoms with Crippen molar-refractivity contribution in [3.63, 3.8) is 0 Å². The van der Waals surface area contributed by atoms with E-state index in [0.29, 0.717) is 11.5 Å². The fourth-order valence-corrected chi connectivity index (χ4v) is 2.14. The van der Waals surface area contributed by atoms with Crippen LogP contribution in [-0.2, 0) is 0 Å². The molecule has 0 radical (unpaired) electrons. The molecule has 0 bridgehead atoms. The Bertz CT molecular complexity index is 707. The minimum Gasteiger partial charge on any atom is -0.478 e. The lowest BCUT2D eigenvalue weighted by Crippen LogP contribution is -2.01. The summed E-state index contributed by atoms with van der Waals surface area (Å²) in [5.74, 6) is -0.861. The topological polar surface area (TPSA) is 80.4 Å². The van der Waals surface area contributed by atoms with Crippen LogP contribution in [0.25, 0.3) is 11.1 Å². The van der Waals surface area contributed by atoms with E-state index in [-0.39, 0.29) is 11.3 Å². The van der Waals surface area contributed by atoms with Crippen LogP contribution in [0.4, 0.5) is 5.69 Å². The number of benzene rings is 2. The molecule has 0 aliphatic carbocycles. The van der Waals surface area contributed by atoms with E-state index in [0.717, 1.165) is 17.2 Å². The molecule has 0 saturated carbocycles. The first-order valence-corrected chi connectivity index (χ1v) is 6.52. The molecule has 0 aliphatic heterocycles. The number of carboxylic acids is 1. The zero-order chi connectivity index (χ0) is 15.6. The first kappa shape index (κ1) is 14.7. The van der Waals surface area contributed by atoms with Crippen LogP contribution >= 0.6 is 0 Å². The largest absolute Gasteiger partial charge is 0.478 e. The quantitative estimate of drug-likeness (QED) is 0.677. The number of hydrogen-bond acceptors (Lipinski definition) is 3. The van der Waals surface area contributed by atoms with E-state index in [1.807, 2.05) is 32.0 Å². The molecule has 0 fully saturated rings. The number of non-ortho nitro benzene ring substituents is 1. The van der Waals surface area contributed by atoms with Gasteiger partial charge in [0.1, 0.15) is 0 Å². The van der Waals surface area contributed by atoms with E-state index in [1.54, 1.807) is 6.07 Å². The number of nitrogens with zero attached hydrogens (tertiary/aromatic N) is 1. The van der Waals surface area contributed by atoms with Crippen LogP contribution < -0.4 is 0 Å². The van der Waals surface area contributed by atoms with Gasteiger partial charge in [-0.3, -0.25) is 10.1 Å². The summed E-state index contributed by atoms with van der Waals surface area (Å²) in [5, 5.41) is 20.1. The van der Waals surface area contributed by atoms with Gasteiger partial charge in [0.2, 0.25) is 0 Å². The molecule has 0 aromatic heterocycles. The third kappa shape index (κ3) is 3.08. The lowest BCUT2D eigenvalue weighted by Gasteiger charge is -2.10. The van der Waals surface area contributed by atoms with Crippen molar-refractivity contribution in [3.8, 4) is 11.1 Å². The first-order valence-electron chi connectivity index (χ1n) is 6.52. The summed E-state index contributed by atoms with van der Waals surface area (Å²) in [6.45, 7) is 4.10. The maximum absolute atomic E-state index is 11.4. The summed E-state index contributed by atoms with van der Waals surface area (Å²) in [6.07, 6.45) is 0. The van der Waals surface area contributed by atoms with Gasteiger partial charge in [0.25, 0.3) is 5.69 Å². The Kier molecular flexibility index (Phi) is 4.03. The molecule has 5 heteroatoms. The standard InChI is InChI=1S/C16H15NO4/c1-10(2)11-4-3-5-12(8-11)14-7-6-13(17(20)21)9-15(14)16(18)19/h3-10H,1-2H3,(H,18,19). The van der Waals surface area contributed by atoms with Crippen molar-refractivity contribution in [2.24, 2.45) is 0 Å². The van der Waals surface area contributed by atoms with Crippen LogP contribution in [0.2, 0.25) is 0 Å². The number of carbonyl (C=O) groups is 1. The summed E-state index contributed by atoms with van der Waals surface area (Å²) in [5.41, 5.74) is 2.02. The highest BCUT2D eigenvalue weighted by molar-refractivity contribution is 5.96. The van der Waals surface area contributed by atoms with Crippen molar-refractivity contribution in [1.29, 1.82) is 0 Å². The fourth-order valence-electron chi connectivity index (χ4n) is 2.14. The van der Waals surface area contributed by atoms with Gasteiger partial charge in [0.05, 0.1) is 10.5 Å². The minimum atomic E-state index is -1.18. The van der Waals surface area contributed by atoms with Crippen molar-refractivity contribution < 1.29 is 14.8 Å². The second kappa shape index (κ2) is 5.75. The second-order valence-corrected chi connectivity index (χ2v) is 5.07. The number of aromatic carboxylic acids is 1. The number of carboxylic acid groups (broad SMARTS) is 1. The van der Waals surface area contributed by atoms with Crippen molar-refractivity contribution in [2.45, 2.75) is 19.8 Å². The summed E-state index contributed by atoms with van der Waals surface area (Å²) in [7, 11) is 0. The van der Waals surface area contributed by atoms with Crippen molar-refractivity contribution in [3.05, 3.63) is 63.7 Å². The molecule has 0 aliphatic rings. The smallest absolute Gasteiger partial charge is 0.336 e. The third-order valence-electron chi connectivity index (χ3n) is 3.31.